The van der Waals surface area contributed by atoms with Gasteiger partial charge in [0.2, 0.25) is 0 Å². The van der Waals surface area contributed by atoms with Gasteiger partial charge in [-0.1, -0.05) is 68.8 Å². The Balaban J connectivity index is 0.00000348. The molecular formula is C42H34N5OPt-3. The molecule has 0 fully saturated rings. The molecule has 1 aliphatic heterocycles. The van der Waals surface area contributed by atoms with Crippen molar-refractivity contribution < 1.29 is 25.8 Å². The van der Waals surface area contributed by atoms with Crippen LogP contribution in [0.15, 0.2) is 109 Å². The van der Waals surface area contributed by atoms with E-state index in [0.29, 0.717) is 11.5 Å². The van der Waals surface area contributed by atoms with Crippen molar-refractivity contribution >= 4 is 60.7 Å². The third-order valence-corrected chi connectivity index (χ3v) is 9.55. The molecule has 0 saturated carbocycles. The molecule has 0 unspecified atom stereocenters. The maximum Gasteiger partial charge on any atom is 0.135 e. The van der Waals surface area contributed by atoms with Gasteiger partial charge in [0.1, 0.15) is 5.82 Å². The van der Waals surface area contributed by atoms with Gasteiger partial charge in [-0.3, -0.25) is 0 Å². The Morgan fingerprint density at radius 2 is 1.43 bits per heavy atom. The number of fused-ring (bicyclic) bond motifs is 8. The second-order valence-corrected chi connectivity index (χ2v) is 13.6. The topological polar surface area (TPSA) is 38.5 Å². The first-order valence-electron chi connectivity index (χ1n) is 16.3. The number of pyridine rings is 1. The van der Waals surface area contributed by atoms with E-state index in [1.807, 2.05) is 24.4 Å². The number of aromatic nitrogens is 3. The summed E-state index contributed by atoms with van der Waals surface area (Å²) < 4.78 is 11.0. The van der Waals surface area contributed by atoms with Gasteiger partial charge in [-0.05, 0) is 53.7 Å². The average molecular weight is 820 g/mol. The third kappa shape index (κ3) is 4.92. The number of benzene rings is 5. The van der Waals surface area contributed by atoms with Crippen molar-refractivity contribution in [1.29, 1.82) is 0 Å². The molecule has 0 N–H and O–H groups in total. The van der Waals surface area contributed by atoms with Crippen molar-refractivity contribution in [3.8, 4) is 17.3 Å². The quantitative estimate of drug-likeness (QED) is 0.166. The van der Waals surface area contributed by atoms with Crippen LogP contribution in [0.3, 0.4) is 0 Å². The Labute approximate surface area is 300 Å². The Kier molecular flexibility index (Phi) is 7.35. The van der Waals surface area contributed by atoms with Crippen molar-refractivity contribution in [3.05, 3.63) is 134 Å². The van der Waals surface area contributed by atoms with Gasteiger partial charge in [0.05, 0.1) is 11.2 Å². The van der Waals surface area contributed by atoms with Gasteiger partial charge in [0.15, 0.2) is 0 Å². The summed E-state index contributed by atoms with van der Waals surface area (Å²) in [4.78, 5) is 9.18. The fraction of sp³-hybridized carbons (Fsp3) is 0.143. The molecule has 0 aliphatic carbocycles. The smallest absolute Gasteiger partial charge is 0.135 e. The van der Waals surface area contributed by atoms with Crippen molar-refractivity contribution in [2.75, 3.05) is 16.8 Å². The van der Waals surface area contributed by atoms with Gasteiger partial charge in [-0.2, -0.15) is 18.8 Å². The number of nitrogens with zero attached hydrogens (tertiary/aromatic N) is 5. The molecule has 0 spiro atoms. The average Bonchev–Trinajstić information content (AvgIpc) is 3.71. The molecule has 9 rings (SSSR count). The fourth-order valence-corrected chi connectivity index (χ4v) is 7.20. The summed E-state index contributed by atoms with van der Waals surface area (Å²) in [5.74, 6) is 2.10. The van der Waals surface area contributed by atoms with E-state index >= 15 is 0 Å². The number of ether oxygens (including phenoxy) is 1. The minimum Gasteiger partial charge on any atom is -0.509 e. The second kappa shape index (κ2) is 11.5. The van der Waals surface area contributed by atoms with Crippen LogP contribution in [0.4, 0.5) is 17.1 Å². The molecule has 0 atom stereocenters. The molecule has 1 aliphatic rings. The van der Waals surface area contributed by atoms with Crippen LogP contribution in [0.5, 0.6) is 11.5 Å². The zero-order valence-corrected chi connectivity index (χ0v) is 30.2. The number of para-hydroxylation sites is 2. The zero-order chi connectivity index (χ0) is 32.7. The van der Waals surface area contributed by atoms with E-state index in [-0.39, 0.29) is 26.5 Å². The van der Waals surface area contributed by atoms with Gasteiger partial charge in [0, 0.05) is 73.3 Å². The first-order valence-corrected chi connectivity index (χ1v) is 16.3. The van der Waals surface area contributed by atoms with Crippen LogP contribution in [-0.2, 0) is 33.5 Å². The van der Waals surface area contributed by atoms with E-state index in [1.54, 1.807) is 0 Å². The largest absolute Gasteiger partial charge is 0.509 e. The van der Waals surface area contributed by atoms with E-state index in [4.69, 9.17) is 9.72 Å². The van der Waals surface area contributed by atoms with Crippen molar-refractivity contribution in [2.45, 2.75) is 26.2 Å². The summed E-state index contributed by atoms with van der Waals surface area (Å²) in [6, 6.07) is 43.0. The predicted molar refractivity (Wildman–Crippen MR) is 197 cm³/mol. The van der Waals surface area contributed by atoms with E-state index in [9.17, 15) is 0 Å². The SMILES string of the molecule is CN1[CH-]N(c2[c-]c(Oc3[c-]c4c(cc3)c3ccccc3n4-c3cc(C(C)(C)C)ccn3)ccc2)c2ccc3c4ccccc4n(C)c3c21.[Pt]. The maximum absolute atomic E-state index is 6.49. The van der Waals surface area contributed by atoms with Crippen LogP contribution in [-0.4, -0.2) is 21.2 Å². The standard InChI is InChI=1S/C42H34N5O.Pt/c1-42(2,3)27-21-22-43-39(23-27)47-36-16-9-7-13-31(36)33-18-17-30(25-38(33)47)48-29-12-10-11-28(24-29)46-26-44(4)41-37(46)20-19-34-32-14-6-8-15-35(32)45(5)40(34)41;/h6-23,26H,1-5H3;/q-3;. The second-order valence-electron chi connectivity index (χ2n) is 13.6. The van der Waals surface area contributed by atoms with E-state index < -0.39 is 0 Å². The van der Waals surface area contributed by atoms with Crippen LogP contribution >= 0.6 is 0 Å². The molecule has 49 heavy (non-hydrogen) atoms. The summed E-state index contributed by atoms with van der Waals surface area (Å²) in [7, 11) is 4.25. The van der Waals surface area contributed by atoms with Crippen molar-refractivity contribution in [3.63, 3.8) is 0 Å². The van der Waals surface area contributed by atoms with Crippen LogP contribution in [0.25, 0.3) is 49.4 Å². The molecule has 6 nitrogen and oxygen atoms in total. The molecule has 8 aromatic rings. The number of hydrogen-bond donors (Lipinski definition) is 0. The number of anilines is 3. The summed E-state index contributed by atoms with van der Waals surface area (Å²) >= 11 is 0. The Morgan fingerprint density at radius 1 is 0.714 bits per heavy atom. The molecule has 0 bridgehead atoms. The van der Waals surface area contributed by atoms with Crippen molar-refractivity contribution in [2.24, 2.45) is 7.05 Å². The summed E-state index contributed by atoms with van der Waals surface area (Å²) in [6.07, 6.45) is 1.90. The molecule has 7 heteroatoms. The molecule has 5 aromatic carbocycles. The van der Waals surface area contributed by atoms with Crippen LogP contribution in [0, 0.1) is 18.8 Å². The summed E-state index contributed by atoms with van der Waals surface area (Å²) in [6.45, 7) is 8.79. The van der Waals surface area contributed by atoms with Gasteiger partial charge < -0.3 is 23.7 Å². The molecule has 0 radical (unpaired) electrons. The predicted octanol–water partition coefficient (Wildman–Crippen LogP) is 10.2. The number of aryl methyl sites for hydroxylation is 1. The normalized spacial score (nSPS) is 13.1. The Morgan fingerprint density at radius 3 is 2.22 bits per heavy atom. The Bertz CT molecular complexity index is 2560. The first-order chi connectivity index (χ1) is 23.3. The minimum absolute atomic E-state index is 0. The van der Waals surface area contributed by atoms with E-state index in [1.165, 1.54) is 33.1 Å². The first kappa shape index (κ1) is 31.2. The molecule has 3 aromatic heterocycles. The molecular weight excluding hydrogens is 786 g/mol. The van der Waals surface area contributed by atoms with Crippen molar-refractivity contribution in [1.82, 2.24) is 14.1 Å². The van der Waals surface area contributed by atoms with Gasteiger partial charge in [0.25, 0.3) is 0 Å². The molecule has 0 saturated heterocycles. The number of hydrogen-bond acceptors (Lipinski definition) is 4. The molecule has 4 heterocycles. The molecule has 246 valence electrons. The summed E-state index contributed by atoms with van der Waals surface area (Å²) in [5, 5.41) is 4.76. The Hall–Kier alpha value is -5.06. The van der Waals surface area contributed by atoms with Gasteiger partial charge in [-0.25, -0.2) is 4.98 Å². The molecule has 0 amide bonds. The van der Waals surface area contributed by atoms with Crippen LogP contribution in [0.1, 0.15) is 26.3 Å². The van der Waals surface area contributed by atoms with Gasteiger partial charge in [-0.15, -0.1) is 41.4 Å². The number of rotatable bonds is 4. The van der Waals surface area contributed by atoms with Crippen LogP contribution in [0.2, 0.25) is 0 Å². The van der Waals surface area contributed by atoms with E-state index in [2.05, 4.69) is 158 Å². The zero-order valence-electron chi connectivity index (χ0n) is 27.9. The van der Waals surface area contributed by atoms with Crippen LogP contribution < -0.4 is 14.5 Å². The third-order valence-electron chi connectivity index (χ3n) is 9.55. The summed E-state index contributed by atoms with van der Waals surface area (Å²) in [5.41, 5.74) is 8.83. The monoisotopic (exact) mass is 819 g/mol. The maximum atomic E-state index is 6.49. The minimum atomic E-state index is -0.00164. The fourth-order valence-electron chi connectivity index (χ4n) is 7.20. The van der Waals surface area contributed by atoms with E-state index in [0.717, 1.165) is 39.0 Å². The van der Waals surface area contributed by atoms with Gasteiger partial charge >= 0.3 is 0 Å².